The summed E-state index contributed by atoms with van der Waals surface area (Å²) in [5.41, 5.74) is 2.88. The second-order valence-corrected chi connectivity index (χ2v) is 12.3. The molecular weight excluding hydrogens is 566 g/mol. The number of nitrogens with one attached hydrogen (secondary N) is 1. The van der Waals surface area contributed by atoms with E-state index in [9.17, 15) is 19.2 Å². The van der Waals surface area contributed by atoms with Crippen molar-refractivity contribution >= 4 is 35.8 Å². The molecule has 3 aromatic rings. The van der Waals surface area contributed by atoms with Crippen LogP contribution in [0.5, 0.6) is 0 Å². The van der Waals surface area contributed by atoms with Crippen LogP contribution in [0, 0.1) is 5.41 Å². The second kappa shape index (κ2) is 15.1. The molecule has 8 nitrogen and oxygen atoms in total. The third kappa shape index (κ3) is 9.50. The quantitative estimate of drug-likeness (QED) is 0.278. The molecule has 3 amide bonds. The van der Waals surface area contributed by atoms with Gasteiger partial charge in [0.05, 0.1) is 0 Å². The van der Waals surface area contributed by atoms with E-state index in [1.54, 1.807) is 35.2 Å². The zero-order valence-electron chi connectivity index (χ0n) is 26.1. The van der Waals surface area contributed by atoms with Crippen LogP contribution < -0.4 is 5.32 Å². The number of hydrogen-bond acceptors (Lipinski definition) is 4. The lowest BCUT2D eigenvalue weighted by Gasteiger charge is -2.36. The highest BCUT2D eigenvalue weighted by molar-refractivity contribution is 5.97. The van der Waals surface area contributed by atoms with Gasteiger partial charge in [-0.25, -0.2) is 4.79 Å². The average molecular weight is 608 g/mol. The summed E-state index contributed by atoms with van der Waals surface area (Å²) in [6, 6.07) is 25.2. The molecule has 1 aliphatic heterocycles. The Bertz CT molecular complexity index is 1480. The molecule has 2 N–H and O–H groups in total. The van der Waals surface area contributed by atoms with Crippen molar-refractivity contribution in [1.29, 1.82) is 0 Å². The van der Waals surface area contributed by atoms with Crippen LogP contribution in [0.15, 0.2) is 97.1 Å². The van der Waals surface area contributed by atoms with Gasteiger partial charge in [0.2, 0.25) is 17.7 Å². The minimum Gasteiger partial charge on any atom is -0.478 e. The lowest BCUT2D eigenvalue weighted by molar-refractivity contribution is -0.147. The van der Waals surface area contributed by atoms with Gasteiger partial charge in [0.1, 0.15) is 12.1 Å². The standard InChI is InChI=1S/C37H41N3O5/c1-37(2,3)34(38-32(41)22-20-27-16-18-28(19-17-27)21-23-33(42)43)36(45)40-24-10-15-31(40)35(44)39(25-29-11-6-4-7-12-29)26-30-13-8-5-9-14-30/h4-9,11-14,16-23,31,34H,10,15,24-26H2,1-3H3,(H,38,41)(H,42,43)/b22-20+,23-21+/t31-,34+/m0/s1. The number of carboxylic acid groups (broad SMARTS) is 1. The molecule has 2 atom stereocenters. The monoisotopic (exact) mass is 607 g/mol. The van der Waals surface area contributed by atoms with Crippen LogP contribution in [0.1, 0.15) is 55.9 Å². The topological polar surface area (TPSA) is 107 Å². The second-order valence-electron chi connectivity index (χ2n) is 12.3. The van der Waals surface area contributed by atoms with Gasteiger partial charge in [-0.3, -0.25) is 14.4 Å². The molecule has 1 heterocycles. The average Bonchev–Trinajstić information content (AvgIpc) is 3.52. The van der Waals surface area contributed by atoms with Crippen molar-refractivity contribution in [2.24, 2.45) is 5.41 Å². The summed E-state index contributed by atoms with van der Waals surface area (Å²) in [6.45, 7) is 6.98. The highest BCUT2D eigenvalue weighted by Crippen LogP contribution is 2.27. The fourth-order valence-corrected chi connectivity index (χ4v) is 5.38. The molecule has 4 rings (SSSR count). The van der Waals surface area contributed by atoms with Crippen LogP contribution in [0.25, 0.3) is 12.2 Å². The van der Waals surface area contributed by atoms with Gasteiger partial charge in [0.15, 0.2) is 0 Å². The number of rotatable bonds is 11. The van der Waals surface area contributed by atoms with E-state index in [4.69, 9.17) is 5.11 Å². The van der Waals surface area contributed by atoms with Gasteiger partial charge in [-0.2, -0.15) is 0 Å². The maximum absolute atomic E-state index is 14.1. The molecule has 45 heavy (non-hydrogen) atoms. The molecule has 0 radical (unpaired) electrons. The maximum Gasteiger partial charge on any atom is 0.328 e. The molecule has 1 saturated heterocycles. The smallest absolute Gasteiger partial charge is 0.328 e. The zero-order chi connectivity index (χ0) is 32.4. The number of likely N-dealkylation sites (tertiary alicyclic amines) is 1. The number of carbonyl (C=O) groups excluding carboxylic acids is 3. The summed E-state index contributed by atoms with van der Waals surface area (Å²) >= 11 is 0. The Morgan fingerprint density at radius 1 is 0.844 bits per heavy atom. The fourth-order valence-electron chi connectivity index (χ4n) is 5.38. The molecule has 3 aromatic carbocycles. The molecule has 8 heteroatoms. The van der Waals surface area contributed by atoms with Crippen molar-refractivity contribution in [2.45, 2.75) is 58.8 Å². The number of nitrogens with zero attached hydrogens (tertiary/aromatic N) is 2. The summed E-state index contributed by atoms with van der Waals surface area (Å²) in [5.74, 6) is -1.82. The highest BCUT2D eigenvalue weighted by Gasteiger charge is 2.42. The lowest BCUT2D eigenvalue weighted by atomic mass is 9.85. The van der Waals surface area contributed by atoms with Crippen molar-refractivity contribution < 1.29 is 24.3 Å². The summed E-state index contributed by atoms with van der Waals surface area (Å²) < 4.78 is 0. The van der Waals surface area contributed by atoms with Gasteiger partial charge in [-0.1, -0.05) is 106 Å². The van der Waals surface area contributed by atoms with Gasteiger partial charge in [-0.15, -0.1) is 0 Å². The van der Waals surface area contributed by atoms with E-state index in [1.165, 1.54) is 12.2 Å². The molecule has 0 spiro atoms. The first-order valence-corrected chi connectivity index (χ1v) is 15.2. The predicted molar refractivity (Wildman–Crippen MR) is 175 cm³/mol. The van der Waals surface area contributed by atoms with Crippen molar-refractivity contribution in [3.8, 4) is 0 Å². The molecule has 1 fully saturated rings. The Balaban J connectivity index is 1.48. The Labute approximate surface area is 265 Å². The first kappa shape index (κ1) is 32.9. The molecule has 0 aromatic heterocycles. The first-order valence-electron chi connectivity index (χ1n) is 15.2. The van der Waals surface area contributed by atoms with E-state index in [-0.39, 0.29) is 11.8 Å². The predicted octanol–water partition coefficient (Wildman–Crippen LogP) is 5.55. The fraction of sp³-hybridized carbons (Fsp3) is 0.297. The molecule has 0 unspecified atom stereocenters. The summed E-state index contributed by atoms with van der Waals surface area (Å²) in [4.78, 5) is 55.4. The SMILES string of the molecule is CC(C)(C)[C@H](NC(=O)/C=C/c1ccc(/C=C/C(=O)O)cc1)C(=O)N1CCC[C@H]1C(=O)N(Cc1ccccc1)Cc1ccccc1. The molecule has 0 aliphatic carbocycles. The van der Waals surface area contributed by atoms with Crippen molar-refractivity contribution in [3.63, 3.8) is 0 Å². The van der Waals surface area contributed by atoms with Gasteiger partial charge < -0.3 is 20.2 Å². The molecule has 0 bridgehead atoms. The van der Waals surface area contributed by atoms with E-state index in [2.05, 4.69) is 5.32 Å². The van der Waals surface area contributed by atoms with Gasteiger partial charge >= 0.3 is 5.97 Å². The molecule has 1 aliphatic rings. The highest BCUT2D eigenvalue weighted by atomic mass is 16.4. The number of hydrogen-bond donors (Lipinski definition) is 2. The van der Waals surface area contributed by atoms with Crippen LogP contribution in [0.4, 0.5) is 0 Å². The van der Waals surface area contributed by atoms with Gasteiger partial charge in [-0.05, 0) is 52.7 Å². The molecule has 0 saturated carbocycles. The maximum atomic E-state index is 14.1. The number of carboxylic acids is 1. The first-order chi connectivity index (χ1) is 21.5. The van der Waals surface area contributed by atoms with Crippen LogP contribution in [-0.2, 0) is 32.3 Å². The number of aliphatic carboxylic acids is 1. The Kier molecular flexibility index (Phi) is 11.1. The molecule has 234 valence electrons. The zero-order valence-corrected chi connectivity index (χ0v) is 26.1. The molecular formula is C37H41N3O5. The van der Waals surface area contributed by atoms with Crippen molar-refractivity contribution in [2.75, 3.05) is 6.54 Å². The normalized spacial score (nSPS) is 15.7. The van der Waals surface area contributed by atoms with Crippen molar-refractivity contribution in [1.82, 2.24) is 15.1 Å². The van der Waals surface area contributed by atoms with E-state index in [0.29, 0.717) is 32.5 Å². The third-order valence-electron chi connectivity index (χ3n) is 7.75. The number of amides is 3. The van der Waals surface area contributed by atoms with Crippen LogP contribution in [-0.4, -0.2) is 57.2 Å². The third-order valence-corrected chi connectivity index (χ3v) is 7.75. The van der Waals surface area contributed by atoms with Crippen LogP contribution >= 0.6 is 0 Å². The van der Waals surface area contributed by atoms with E-state index >= 15 is 0 Å². The Hall–Kier alpha value is -4.98. The van der Waals surface area contributed by atoms with Crippen LogP contribution in [0.3, 0.4) is 0 Å². The van der Waals surface area contributed by atoms with E-state index in [1.807, 2.05) is 86.3 Å². The van der Waals surface area contributed by atoms with Crippen LogP contribution in [0.2, 0.25) is 0 Å². The van der Waals surface area contributed by atoms with Gasteiger partial charge in [0, 0.05) is 31.8 Å². The Morgan fingerprint density at radius 3 is 1.84 bits per heavy atom. The van der Waals surface area contributed by atoms with E-state index < -0.39 is 29.4 Å². The number of benzene rings is 3. The summed E-state index contributed by atoms with van der Waals surface area (Å²) in [6.07, 6.45) is 6.83. The van der Waals surface area contributed by atoms with Gasteiger partial charge in [0.25, 0.3) is 0 Å². The van der Waals surface area contributed by atoms with E-state index in [0.717, 1.165) is 28.3 Å². The number of carbonyl (C=O) groups is 4. The largest absolute Gasteiger partial charge is 0.478 e. The minimum atomic E-state index is -1.03. The summed E-state index contributed by atoms with van der Waals surface area (Å²) in [5, 5.41) is 11.7. The lowest BCUT2D eigenvalue weighted by Crippen LogP contribution is -2.57. The summed E-state index contributed by atoms with van der Waals surface area (Å²) in [7, 11) is 0. The Morgan fingerprint density at radius 2 is 1.36 bits per heavy atom. The van der Waals surface area contributed by atoms with Crippen molar-refractivity contribution in [3.05, 3.63) is 119 Å². The minimum absolute atomic E-state index is 0.103.